The van der Waals surface area contributed by atoms with Crippen LogP contribution in [0.5, 0.6) is 0 Å². The van der Waals surface area contributed by atoms with E-state index in [1.165, 1.54) is 17.5 Å². The summed E-state index contributed by atoms with van der Waals surface area (Å²) in [6.45, 7) is 0. The predicted octanol–water partition coefficient (Wildman–Crippen LogP) is 2.27. The number of nitrogens with one attached hydrogen (secondary N) is 1. The number of hydrogen-bond donors (Lipinski definition) is 1. The van der Waals surface area contributed by atoms with E-state index in [9.17, 15) is 9.59 Å². The number of carbonyl (C=O) groups excluding carboxylic acids is 2. The van der Waals surface area contributed by atoms with E-state index >= 15 is 0 Å². The summed E-state index contributed by atoms with van der Waals surface area (Å²) in [6.07, 6.45) is 4.92. The Bertz CT molecular complexity index is 466. The van der Waals surface area contributed by atoms with E-state index in [1.807, 2.05) is 12.1 Å². The average molecular weight is 245 g/mol. The van der Waals surface area contributed by atoms with Crippen LogP contribution in [0.1, 0.15) is 47.2 Å². The lowest BCUT2D eigenvalue weighted by Gasteiger charge is -2.04. The molecule has 0 bridgehead atoms. The van der Waals surface area contributed by atoms with Crippen LogP contribution in [0.3, 0.4) is 0 Å². The third-order valence-corrected chi connectivity index (χ3v) is 3.51. The third-order valence-electron chi connectivity index (χ3n) is 3.51. The van der Waals surface area contributed by atoms with Gasteiger partial charge in [0.25, 0.3) is 0 Å². The molecule has 3 nitrogen and oxygen atoms in total. The van der Waals surface area contributed by atoms with E-state index in [2.05, 4.69) is 11.4 Å². The molecule has 1 amide bonds. The highest BCUT2D eigenvalue weighted by molar-refractivity contribution is 5.96. The maximum atomic E-state index is 12.0. The Kier molecular flexibility index (Phi) is 4.13. The van der Waals surface area contributed by atoms with E-state index in [4.69, 9.17) is 0 Å². The highest BCUT2D eigenvalue weighted by Crippen LogP contribution is 2.23. The van der Waals surface area contributed by atoms with Gasteiger partial charge in [-0.05, 0) is 42.9 Å². The lowest BCUT2D eigenvalue weighted by molar-refractivity contribution is -0.120. The van der Waals surface area contributed by atoms with Crippen molar-refractivity contribution >= 4 is 11.7 Å². The topological polar surface area (TPSA) is 46.2 Å². The van der Waals surface area contributed by atoms with Gasteiger partial charge in [0.2, 0.25) is 5.91 Å². The standard InChI is InChI=1S/C15H19NO2/c1-16-15(18)7-3-6-14(17)13-9-8-11-4-2-5-12(11)10-13/h8-10H,2-7H2,1H3,(H,16,18). The smallest absolute Gasteiger partial charge is 0.219 e. The van der Waals surface area contributed by atoms with Crippen molar-refractivity contribution in [3.63, 3.8) is 0 Å². The molecular weight excluding hydrogens is 226 g/mol. The minimum atomic E-state index is -0.00301. The zero-order valence-corrected chi connectivity index (χ0v) is 10.8. The Balaban J connectivity index is 1.91. The second kappa shape index (κ2) is 5.80. The van der Waals surface area contributed by atoms with Crippen LogP contribution < -0.4 is 5.32 Å². The highest BCUT2D eigenvalue weighted by atomic mass is 16.1. The maximum Gasteiger partial charge on any atom is 0.219 e. The Morgan fingerprint density at radius 2 is 1.94 bits per heavy atom. The van der Waals surface area contributed by atoms with Crippen LogP contribution in [-0.2, 0) is 17.6 Å². The van der Waals surface area contributed by atoms with Gasteiger partial charge in [0.05, 0.1) is 0 Å². The Morgan fingerprint density at radius 1 is 1.17 bits per heavy atom. The predicted molar refractivity (Wildman–Crippen MR) is 70.7 cm³/mol. The molecule has 1 aromatic carbocycles. The zero-order valence-electron chi connectivity index (χ0n) is 10.8. The first-order valence-corrected chi connectivity index (χ1v) is 6.56. The molecular formula is C15H19NO2. The van der Waals surface area contributed by atoms with Crippen LogP contribution >= 0.6 is 0 Å². The molecule has 96 valence electrons. The van der Waals surface area contributed by atoms with Crippen molar-refractivity contribution in [2.24, 2.45) is 0 Å². The second-order valence-corrected chi connectivity index (χ2v) is 4.79. The molecule has 1 aliphatic rings. The molecule has 0 spiro atoms. The van der Waals surface area contributed by atoms with Crippen LogP contribution in [0.15, 0.2) is 18.2 Å². The number of benzene rings is 1. The zero-order chi connectivity index (χ0) is 13.0. The second-order valence-electron chi connectivity index (χ2n) is 4.79. The molecule has 0 fully saturated rings. The quantitative estimate of drug-likeness (QED) is 0.809. The van der Waals surface area contributed by atoms with E-state index < -0.39 is 0 Å². The molecule has 0 saturated heterocycles. The van der Waals surface area contributed by atoms with Gasteiger partial charge in [-0.15, -0.1) is 0 Å². The molecule has 1 aromatic rings. The number of rotatable bonds is 5. The number of Topliss-reactive ketones (excluding diaryl/α,β-unsaturated/α-hetero) is 1. The fourth-order valence-electron chi connectivity index (χ4n) is 2.42. The van der Waals surface area contributed by atoms with E-state index in [-0.39, 0.29) is 11.7 Å². The summed E-state index contributed by atoms with van der Waals surface area (Å²) in [4.78, 5) is 23.0. The Labute approximate surface area is 108 Å². The first-order valence-electron chi connectivity index (χ1n) is 6.56. The molecule has 0 atom stereocenters. The normalized spacial score (nSPS) is 13.2. The number of hydrogen-bond acceptors (Lipinski definition) is 2. The first-order chi connectivity index (χ1) is 8.70. The van der Waals surface area contributed by atoms with Crippen molar-refractivity contribution in [2.75, 3.05) is 7.05 Å². The van der Waals surface area contributed by atoms with Gasteiger partial charge in [-0.25, -0.2) is 0 Å². The number of ketones is 1. The van der Waals surface area contributed by atoms with Gasteiger partial charge in [0, 0.05) is 25.5 Å². The number of aryl methyl sites for hydroxylation is 2. The number of amides is 1. The molecule has 0 aliphatic heterocycles. The van der Waals surface area contributed by atoms with Crippen LogP contribution in [0.4, 0.5) is 0 Å². The highest BCUT2D eigenvalue weighted by Gasteiger charge is 2.13. The van der Waals surface area contributed by atoms with Gasteiger partial charge in [-0.2, -0.15) is 0 Å². The summed E-state index contributed by atoms with van der Waals surface area (Å²) in [6, 6.07) is 6.03. The van der Waals surface area contributed by atoms with Crippen LogP contribution in [0.2, 0.25) is 0 Å². The van der Waals surface area contributed by atoms with Crippen molar-refractivity contribution in [2.45, 2.75) is 38.5 Å². The van der Waals surface area contributed by atoms with Crippen LogP contribution in [0, 0.1) is 0 Å². The minimum Gasteiger partial charge on any atom is -0.359 e. The third kappa shape index (κ3) is 2.97. The summed E-state index contributed by atoms with van der Waals surface area (Å²) in [5.41, 5.74) is 3.51. The van der Waals surface area contributed by atoms with Crippen molar-refractivity contribution in [1.82, 2.24) is 5.32 Å². The largest absolute Gasteiger partial charge is 0.359 e. The molecule has 0 radical (unpaired) electrons. The SMILES string of the molecule is CNC(=O)CCCC(=O)c1ccc2c(c1)CCC2. The Morgan fingerprint density at radius 3 is 2.72 bits per heavy atom. The van der Waals surface area contributed by atoms with Gasteiger partial charge in [-0.3, -0.25) is 9.59 Å². The van der Waals surface area contributed by atoms with Gasteiger partial charge < -0.3 is 5.32 Å². The van der Waals surface area contributed by atoms with Gasteiger partial charge in [0.15, 0.2) is 5.78 Å². The van der Waals surface area contributed by atoms with Crippen molar-refractivity contribution in [1.29, 1.82) is 0 Å². The summed E-state index contributed by atoms with van der Waals surface area (Å²) >= 11 is 0. The van der Waals surface area contributed by atoms with Crippen molar-refractivity contribution < 1.29 is 9.59 Å². The average Bonchev–Trinajstić information content (AvgIpc) is 2.85. The van der Waals surface area contributed by atoms with Crippen molar-refractivity contribution in [3.05, 3.63) is 34.9 Å². The number of fused-ring (bicyclic) bond motifs is 1. The lowest BCUT2D eigenvalue weighted by Crippen LogP contribution is -2.17. The summed E-state index contributed by atoms with van der Waals surface area (Å²) in [7, 11) is 1.62. The molecule has 0 aromatic heterocycles. The summed E-state index contributed by atoms with van der Waals surface area (Å²) in [5.74, 6) is 0.144. The minimum absolute atomic E-state index is 0.00301. The van der Waals surface area contributed by atoms with Crippen molar-refractivity contribution in [3.8, 4) is 0 Å². The fourth-order valence-corrected chi connectivity index (χ4v) is 2.42. The van der Waals surface area contributed by atoms with Gasteiger partial charge >= 0.3 is 0 Å². The Hall–Kier alpha value is -1.64. The molecule has 0 saturated carbocycles. The molecule has 3 heteroatoms. The molecule has 1 aliphatic carbocycles. The molecule has 2 rings (SSSR count). The van der Waals surface area contributed by atoms with E-state index in [1.54, 1.807) is 7.05 Å². The van der Waals surface area contributed by atoms with Crippen LogP contribution in [0.25, 0.3) is 0 Å². The first kappa shape index (κ1) is 12.8. The number of carbonyl (C=O) groups is 2. The van der Waals surface area contributed by atoms with Gasteiger partial charge in [-0.1, -0.05) is 12.1 Å². The molecule has 1 N–H and O–H groups in total. The molecule has 0 heterocycles. The fraction of sp³-hybridized carbons (Fsp3) is 0.467. The van der Waals surface area contributed by atoms with E-state index in [0.717, 1.165) is 18.4 Å². The van der Waals surface area contributed by atoms with E-state index in [0.29, 0.717) is 19.3 Å². The molecule has 0 unspecified atom stereocenters. The monoisotopic (exact) mass is 245 g/mol. The van der Waals surface area contributed by atoms with Gasteiger partial charge in [0.1, 0.15) is 0 Å². The lowest BCUT2D eigenvalue weighted by atomic mass is 10.0. The molecule has 18 heavy (non-hydrogen) atoms. The van der Waals surface area contributed by atoms with Crippen LogP contribution in [-0.4, -0.2) is 18.7 Å². The summed E-state index contributed by atoms with van der Waals surface area (Å²) < 4.78 is 0. The summed E-state index contributed by atoms with van der Waals surface area (Å²) in [5, 5.41) is 2.56. The maximum absolute atomic E-state index is 12.0.